The Morgan fingerprint density at radius 1 is 1.05 bits per heavy atom. The molecular weight excluding hydrogens is 260 g/mol. The molecule has 0 radical (unpaired) electrons. The highest BCUT2D eigenvalue weighted by atomic mass is 16.5. The Morgan fingerprint density at radius 3 is 2.25 bits per heavy atom. The van der Waals surface area contributed by atoms with E-state index in [1.165, 1.54) is 14.2 Å². The SMILES string of the molecule is COc1cc(C2OC[C@@H]3C(C)OC[C@H]23)cc(OC)c1O. The van der Waals surface area contributed by atoms with E-state index in [0.29, 0.717) is 36.5 Å². The minimum absolute atomic E-state index is 0.0179. The number of aromatic hydroxyl groups is 1. The van der Waals surface area contributed by atoms with E-state index >= 15 is 0 Å². The number of methoxy groups -OCH3 is 2. The predicted molar refractivity (Wildman–Crippen MR) is 72.3 cm³/mol. The zero-order valence-electron chi connectivity index (χ0n) is 12.0. The topological polar surface area (TPSA) is 57.2 Å². The fraction of sp³-hybridized carbons (Fsp3) is 0.600. The van der Waals surface area contributed by atoms with Crippen molar-refractivity contribution in [2.75, 3.05) is 27.4 Å². The van der Waals surface area contributed by atoms with Crippen LogP contribution in [0.1, 0.15) is 18.6 Å². The Balaban J connectivity index is 1.94. The third-order valence-corrected chi connectivity index (χ3v) is 4.39. The average molecular weight is 280 g/mol. The lowest BCUT2D eigenvalue weighted by Gasteiger charge is -2.19. The first-order chi connectivity index (χ1) is 9.65. The highest BCUT2D eigenvalue weighted by Gasteiger charge is 2.46. The van der Waals surface area contributed by atoms with Gasteiger partial charge in [0.05, 0.1) is 39.6 Å². The normalized spacial score (nSPS) is 32.1. The van der Waals surface area contributed by atoms with Crippen molar-refractivity contribution in [1.29, 1.82) is 0 Å². The van der Waals surface area contributed by atoms with Crippen LogP contribution in [-0.2, 0) is 9.47 Å². The van der Waals surface area contributed by atoms with E-state index in [-0.39, 0.29) is 18.0 Å². The molecule has 1 aromatic carbocycles. The molecule has 2 fully saturated rings. The van der Waals surface area contributed by atoms with Gasteiger partial charge in [-0.1, -0.05) is 0 Å². The highest BCUT2D eigenvalue weighted by molar-refractivity contribution is 5.53. The van der Waals surface area contributed by atoms with Crippen LogP contribution < -0.4 is 9.47 Å². The molecule has 0 amide bonds. The van der Waals surface area contributed by atoms with Gasteiger partial charge in [-0.15, -0.1) is 0 Å². The van der Waals surface area contributed by atoms with Crippen molar-refractivity contribution in [3.63, 3.8) is 0 Å². The van der Waals surface area contributed by atoms with Crippen LogP contribution in [0.4, 0.5) is 0 Å². The molecular formula is C15H20O5. The highest BCUT2D eigenvalue weighted by Crippen LogP contribution is 2.47. The van der Waals surface area contributed by atoms with Gasteiger partial charge >= 0.3 is 0 Å². The minimum atomic E-state index is -0.0339. The van der Waals surface area contributed by atoms with Gasteiger partial charge in [-0.3, -0.25) is 0 Å². The lowest BCUT2D eigenvalue weighted by molar-refractivity contribution is 0.0259. The van der Waals surface area contributed by atoms with Gasteiger partial charge in [0.2, 0.25) is 5.75 Å². The monoisotopic (exact) mass is 280 g/mol. The van der Waals surface area contributed by atoms with E-state index in [0.717, 1.165) is 5.56 Å². The molecule has 2 heterocycles. The van der Waals surface area contributed by atoms with Crippen molar-refractivity contribution in [3.8, 4) is 17.2 Å². The van der Waals surface area contributed by atoms with Gasteiger partial charge in [-0.05, 0) is 24.6 Å². The number of phenolic OH excluding ortho intramolecular Hbond substituents is 1. The van der Waals surface area contributed by atoms with Gasteiger partial charge in [0.1, 0.15) is 0 Å². The third-order valence-electron chi connectivity index (χ3n) is 4.39. The van der Waals surface area contributed by atoms with Crippen LogP contribution in [0, 0.1) is 11.8 Å². The molecule has 5 nitrogen and oxygen atoms in total. The van der Waals surface area contributed by atoms with Crippen LogP contribution in [0.15, 0.2) is 12.1 Å². The number of hydrogen-bond acceptors (Lipinski definition) is 5. The molecule has 2 unspecified atom stereocenters. The minimum Gasteiger partial charge on any atom is -0.502 e. The molecule has 0 aromatic heterocycles. The standard InChI is InChI=1S/C15H20O5/c1-8-10-6-20-15(11(10)7-19-8)9-4-12(17-2)14(16)13(5-9)18-3/h4-5,8,10-11,15-16H,6-7H2,1-3H3/t8?,10-,11+,15?/m1/s1. The third kappa shape index (κ3) is 2.01. The summed E-state index contributed by atoms with van der Waals surface area (Å²) in [7, 11) is 3.05. The van der Waals surface area contributed by atoms with Crippen molar-refractivity contribution >= 4 is 0 Å². The quantitative estimate of drug-likeness (QED) is 0.919. The molecule has 2 aliphatic heterocycles. The maximum Gasteiger partial charge on any atom is 0.200 e. The van der Waals surface area contributed by atoms with Gasteiger partial charge in [0.15, 0.2) is 11.5 Å². The van der Waals surface area contributed by atoms with Crippen molar-refractivity contribution in [2.24, 2.45) is 11.8 Å². The predicted octanol–water partition coefficient (Wildman–Crippen LogP) is 2.13. The molecule has 2 saturated heterocycles. The molecule has 1 aromatic rings. The summed E-state index contributed by atoms with van der Waals surface area (Å²) in [6.07, 6.45) is 0.208. The van der Waals surface area contributed by atoms with Crippen LogP contribution in [0.5, 0.6) is 17.2 Å². The van der Waals surface area contributed by atoms with E-state index in [1.807, 2.05) is 12.1 Å². The van der Waals surface area contributed by atoms with E-state index in [9.17, 15) is 5.11 Å². The van der Waals surface area contributed by atoms with Crippen LogP contribution in [0.3, 0.4) is 0 Å². The number of phenols is 1. The Hall–Kier alpha value is -1.46. The molecule has 1 N–H and O–H groups in total. The molecule has 5 heteroatoms. The second kappa shape index (κ2) is 5.14. The maximum absolute atomic E-state index is 9.97. The summed E-state index contributed by atoms with van der Waals surface area (Å²) in [5.74, 6) is 1.61. The first-order valence-electron chi connectivity index (χ1n) is 6.83. The largest absolute Gasteiger partial charge is 0.502 e. The molecule has 0 spiro atoms. The van der Waals surface area contributed by atoms with E-state index in [2.05, 4.69) is 6.92 Å². The first kappa shape index (κ1) is 13.5. The van der Waals surface area contributed by atoms with E-state index in [4.69, 9.17) is 18.9 Å². The summed E-state index contributed by atoms with van der Waals surface area (Å²) in [4.78, 5) is 0. The summed E-state index contributed by atoms with van der Waals surface area (Å²) in [6, 6.07) is 3.63. The van der Waals surface area contributed by atoms with Gasteiger partial charge < -0.3 is 24.1 Å². The fourth-order valence-electron chi connectivity index (χ4n) is 3.19. The molecule has 3 rings (SSSR count). The fourth-order valence-corrected chi connectivity index (χ4v) is 3.19. The molecule has 0 saturated carbocycles. The number of hydrogen-bond donors (Lipinski definition) is 1. The van der Waals surface area contributed by atoms with Gasteiger partial charge in [0.25, 0.3) is 0 Å². The number of fused-ring (bicyclic) bond motifs is 1. The first-order valence-corrected chi connectivity index (χ1v) is 6.83. The molecule has 4 atom stereocenters. The van der Waals surface area contributed by atoms with Crippen molar-refractivity contribution < 1.29 is 24.1 Å². The summed E-state index contributed by atoms with van der Waals surface area (Å²) in [5.41, 5.74) is 0.960. The van der Waals surface area contributed by atoms with Crippen molar-refractivity contribution in [3.05, 3.63) is 17.7 Å². The number of benzene rings is 1. The van der Waals surface area contributed by atoms with Crippen LogP contribution in [-0.4, -0.2) is 38.6 Å². The smallest absolute Gasteiger partial charge is 0.200 e. The lowest BCUT2D eigenvalue weighted by atomic mass is 9.87. The second-order valence-electron chi connectivity index (χ2n) is 5.39. The van der Waals surface area contributed by atoms with Crippen molar-refractivity contribution in [1.82, 2.24) is 0 Å². The second-order valence-corrected chi connectivity index (χ2v) is 5.39. The molecule has 2 aliphatic rings. The molecule has 110 valence electrons. The van der Waals surface area contributed by atoms with E-state index < -0.39 is 0 Å². The Labute approximate surface area is 118 Å². The molecule has 0 aliphatic carbocycles. The summed E-state index contributed by atoms with van der Waals surface area (Å²) >= 11 is 0. The summed E-state index contributed by atoms with van der Waals surface area (Å²) < 4.78 is 22.1. The average Bonchev–Trinajstić information content (AvgIpc) is 3.03. The zero-order valence-corrected chi connectivity index (χ0v) is 12.0. The van der Waals surface area contributed by atoms with Crippen LogP contribution in [0.25, 0.3) is 0 Å². The van der Waals surface area contributed by atoms with Crippen LogP contribution in [0.2, 0.25) is 0 Å². The van der Waals surface area contributed by atoms with Gasteiger partial charge in [-0.25, -0.2) is 0 Å². The van der Waals surface area contributed by atoms with Gasteiger partial charge in [0, 0.05) is 11.8 Å². The Kier molecular flexibility index (Phi) is 3.48. The lowest BCUT2D eigenvalue weighted by Crippen LogP contribution is -2.16. The summed E-state index contributed by atoms with van der Waals surface area (Å²) in [6.45, 7) is 3.51. The Bertz CT molecular complexity index is 476. The number of rotatable bonds is 3. The summed E-state index contributed by atoms with van der Waals surface area (Å²) in [5, 5.41) is 9.97. The van der Waals surface area contributed by atoms with Crippen molar-refractivity contribution in [2.45, 2.75) is 19.1 Å². The Morgan fingerprint density at radius 2 is 1.65 bits per heavy atom. The van der Waals surface area contributed by atoms with E-state index in [1.54, 1.807) is 0 Å². The van der Waals surface area contributed by atoms with Crippen LogP contribution >= 0.6 is 0 Å². The molecule has 0 bridgehead atoms. The number of ether oxygens (including phenoxy) is 4. The molecule has 20 heavy (non-hydrogen) atoms. The maximum atomic E-state index is 9.97. The zero-order chi connectivity index (χ0) is 14.3. The van der Waals surface area contributed by atoms with Gasteiger partial charge in [-0.2, -0.15) is 0 Å².